The van der Waals surface area contributed by atoms with Gasteiger partial charge >= 0.3 is 0 Å². The molecule has 1 aliphatic heterocycles. The second-order valence-electron chi connectivity index (χ2n) is 6.47. The number of carbonyl (C=O) groups excluding carboxylic acids is 1. The Kier molecular flexibility index (Phi) is 6.06. The summed E-state index contributed by atoms with van der Waals surface area (Å²) in [4.78, 5) is 14.5. The molecule has 0 atom stereocenters. The molecule has 0 fully saturated rings. The van der Waals surface area contributed by atoms with Crippen LogP contribution < -0.4 is 5.01 Å². The first-order valence-electron chi connectivity index (χ1n) is 8.73. The Morgan fingerprint density at radius 2 is 2.07 bits per heavy atom. The van der Waals surface area contributed by atoms with Crippen molar-refractivity contribution in [1.82, 2.24) is 4.90 Å². The molecule has 0 N–H and O–H groups in total. The van der Waals surface area contributed by atoms with Crippen molar-refractivity contribution < 1.29 is 9.18 Å². The summed E-state index contributed by atoms with van der Waals surface area (Å²) in [6, 6.07) is 12.1. The van der Waals surface area contributed by atoms with Crippen molar-refractivity contribution in [1.29, 1.82) is 0 Å². The first-order chi connectivity index (χ1) is 13.0. The first kappa shape index (κ1) is 19.3. The average molecular weight is 430 g/mol. The predicted octanol–water partition coefficient (Wildman–Crippen LogP) is 5.00. The standard InChI is InChI=1S/C21H21BrFN3O/c1-3-11-25(14-17-13-18(22)6-9-20(17)23)21(27)16-4-7-19(8-5-16)26-12-10-15(2)24-26/h3-9,13H,1,10-12,14H2,2H3. The Bertz CT molecular complexity index is 879. The van der Waals surface area contributed by atoms with E-state index in [0.29, 0.717) is 17.7 Å². The molecular formula is C21H21BrFN3O. The topological polar surface area (TPSA) is 35.9 Å². The molecule has 6 heteroatoms. The second-order valence-corrected chi connectivity index (χ2v) is 7.38. The van der Waals surface area contributed by atoms with Gasteiger partial charge in [0.1, 0.15) is 5.82 Å². The fourth-order valence-corrected chi connectivity index (χ4v) is 3.37. The number of hydrazone groups is 1. The number of carbonyl (C=O) groups is 1. The molecule has 4 nitrogen and oxygen atoms in total. The van der Waals surface area contributed by atoms with Gasteiger partial charge in [-0.3, -0.25) is 9.80 Å². The molecular weight excluding hydrogens is 409 g/mol. The van der Waals surface area contributed by atoms with Gasteiger partial charge in [-0.15, -0.1) is 6.58 Å². The summed E-state index contributed by atoms with van der Waals surface area (Å²) >= 11 is 3.35. The predicted molar refractivity (Wildman–Crippen MR) is 111 cm³/mol. The molecule has 0 aliphatic carbocycles. The molecule has 0 saturated heterocycles. The van der Waals surface area contributed by atoms with Crippen LogP contribution >= 0.6 is 15.9 Å². The van der Waals surface area contributed by atoms with Crippen LogP contribution in [0.2, 0.25) is 0 Å². The van der Waals surface area contributed by atoms with E-state index >= 15 is 0 Å². The molecule has 1 aliphatic rings. The zero-order valence-electron chi connectivity index (χ0n) is 15.2. The maximum absolute atomic E-state index is 14.1. The minimum Gasteiger partial charge on any atom is -0.330 e. The number of rotatable bonds is 6. The van der Waals surface area contributed by atoms with Gasteiger partial charge in [0.2, 0.25) is 0 Å². The van der Waals surface area contributed by atoms with Gasteiger partial charge in [0.15, 0.2) is 0 Å². The number of anilines is 1. The lowest BCUT2D eigenvalue weighted by Gasteiger charge is -2.22. The Morgan fingerprint density at radius 3 is 2.70 bits per heavy atom. The number of nitrogens with zero attached hydrogens (tertiary/aromatic N) is 3. The van der Waals surface area contributed by atoms with Crippen LogP contribution in [-0.2, 0) is 6.54 Å². The third-order valence-corrected chi connectivity index (χ3v) is 4.89. The van der Waals surface area contributed by atoms with Gasteiger partial charge in [-0.25, -0.2) is 4.39 Å². The largest absolute Gasteiger partial charge is 0.330 e. The Morgan fingerprint density at radius 1 is 1.33 bits per heavy atom. The van der Waals surface area contributed by atoms with Crippen molar-refractivity contribution in [2.75, 3.05) is 18.1 Å². The van der Waals surface area contributed by atoms with E-state index in [4.69, 9.17) is 0 Å². The van der Waals surface area contributed by atoms with E-state index in [1.165, 1.54) is 6.07 Å². The minimum absolute atomic E-state index is 0.165. The molecule has 1 amide bonds. The average Bonchev–Trinajstić information content (AvgIpc) is 3.10. The summed E-state index contributed by atoms with van der Waals surface area (Å²) in [7, 11) is 0. The van der Waals surface area contributed by atoms with E-state index in [-0.39, 0.29) is 18.3 Å². The Balaban J connectivity index is 1.78. The monoisotopic (exact) mass is 429 g/mol. The number of halogens is 2. The molecule has 0 saturated carbocycles. The van der Waals surface area contributed by atoms with Gasteiger partial charge in [0.25, 0.3) is 5.91 Å². The molecule has 0 bridgehead atoms. The summed E-state index contributed by atoms with van der Waals surface area (Å²) in [5, 5.41) is 6.40. The smallest absolute Gasteiger partial charge is 0.254 e. The van der Waals surface area contributed by atoms with E-state index in [0.717, 1.165) is 28.8 Å². The lowest BCUT2D eigenvalue weighted by atomic mass is 10.1. The summed E-state index contributed by atoms with van der Waals surface area (Å²) < 4.78 is 14.9. The van der Waals surface area contributed by atoms with Crippen LogP contribution in [0.15, 0.2) is 64.7 Å². The third kappa shape index (κ3) is 4.63. The molecule has 0 spiro atoms. The molecule has 0 aromatic heterocycles. The fraction of sp³-hybridized carbons (Fsp3) is 0.238. The van der Waals surface area contributed by atoms with Crippen LogP contribution in [0.25, 0.3) is 0 Å². The Labute approximate surface area is 167 Å². The normalized spacial score (nSPS) is 13.4. The number of hydrogen-bond donors (Lipinski definition) is 0. The molecule has 27 heavy (non-hydrogen) atoms. The van der Waals surface area contributed by atoms with Gasteiger partial charge in [0, 0.05) is 47.4 Å². The summed E-state index contributed by atoms with van der Waals surface area (Å²) in [6.07, 6.45) is 2.59. The highest BCUT2D eigenvalue weighted by Gasteiger charge is 2.18. The van der Waals surface area contributed by atoms with E-state index in [2.05, 4.69) is 27.6 Å². The van der Waals surface area contributed by atoms with Crippen molar-refractivity contribution >= 4 is 33.2 Å². The van der Waals surface area contributed by atoms with Crippen molar-refractivity contribution in [3.05, 3.63) is 76.5 Å². The van der Waals surface area contributed by atoms with Gasteiger partial charge in [-0.2, -0.15) is 5.10 Å². The van der Waals surface area contributed by atoms with Crippen molar-refractivity contribution in [3.63, 3.8) is 0 Å². The third-order valence-electron chi connectivity index (χ3n) is 4.39. The van der Waals surface area contributed by atoms with Gasteiger partial charge in [-0.05, 0) is 49.4 Å². The molecule has 0 unspecified atom stereocenters. The van der Waals surface area contributed by atoms with Crippen LogP contribution in [-0.4, -0.2) is 29.6 Å². The van der Waals surface area contributed by atoms with Gasteiger partial charge in [0.05, 0.1) is 5.69 Å². The summed E-state index contributed by atoms with van der Waals surface area (Å²) in [5.41, 5.74) is 3.06. The van der Waals surface area contributed by atoms with Crippen LogP contribution in [0.5, 0.6) is 0 Å². The van der Waals surface area contributed by atoms with E-state index < -0.39 is 0 Å². The van der Waals surface area contributed by atoms with Crippen molar-refractivity contribution in [3.8, 4) is 0 Å². The minimum atomic E-state index is -0.335. The van der Waals surface area contributed by atoms with Crippen LogP contribution in [0, 0.1) is 5.82 Å². The highest BCUT2D eigenvalue weighted by molar-refractivity contribution is 9.10. The lowest BCUT2D eigenvalue weighted by Crippen LogP contribution is -2.31. The van der Waals surface area contributed by atoms with E-state index in [1.54, 1.807) is 35.2 Å². The zero-order chi connectivity index (χ0) is 19.4. The van der Waals surface area contributed by atoms with Crippen LogP contribution in [0.3, 0.4) is 0 Å². The fourth-order valence-electron chi connectivity index (χ4n) is 2.96. The maximum atomic E-state index is 14.1. The molecule has 3 rings (SSSR count). The number of hydrogen-bond acceptors (Lipinski definition) is 3. The first-order valence-corrected chi connectivity index (χ1v) is 9.53. The summed E-state index contributed by atoms with van der Waals surface area (Å²) in [6.45, 7) is 7.08. The quantitative estimate of drug-likeness (QED) is 0.605. The SMILES string of the molecule is C=CCN(Cc1cc(Br)ccc1F)C(=O)c1ccc(N2CCC(C)=N2)cc1. The molecule has 2 aromatic rings. The number of benzene rings is 2. The maximum Gasteiger partial charge on any atom is 0.254 e. The molecule has 140 valence electrons. The highest BCUT2D eigenvalue weighted by atomic mass is 79.9. The molecule has 2 aromatic carbocycles. The van der Waals surface area contributed by atoms with E-state index in [9.17, 15) is 9.18 Å². The van der Waals surface area contributed by atoms with Crippen molar-refractivity contribution in [2.45, 2.75) is 19.9 Å². The zero-order valence-corrected chi connectivity index (χ0v) is 16.7. The number of amides is 1. The Hall–Kier alpha value is -2.47. The second kappa shape index (κ2) is 8.48. The molecule has 0 radical (unpaired) electrons. The lowest BCUT2D eigenvalue weighted by molar-refractivity contribution is 0.0761. The summed E-state index contributed by atoms with van der Waals surface area (Å²) in [5.74, 6) is -0.500. The van der Waals surface area contributed by atoms with Crippen LogP contribution in [0.1, 0.15) is 29.3 Å². The molecule has 1 heterocycles. The highest BCUT2D eigenvalue weighted by Crippen LogP contribution is 2.22. The van der Waals surface area contributed by atoms with E-state index in [1.807, 2.05) is 24.1 Å². The van der Waals surface area contributed by atoms with Gasteiger partial charge in [-0.1, -0.05) is 22.0 Å². The van der Waals surface area contributed by atoms with Gasteiger partial charge < -0.3 is 4.90 Å². The van der Waals surface area contributed by atoms with Crippen molar-refractivity contribution in [2.24, 2.45) is 5.10 Å². The van der Waals surface area contributed by atoms with Crippen LogP contribution in [0.4, 0.5) is 10.1 Å².